The molecule has 0 spiro atoms. The molecule has 15 heavy (non-hydrogen) atoms. The summed E-state index contributed by atoms with van der Waals surface area (Å²) >= 11 is 0. The zero-order valence-electron chi connectivity index (χ0n) is 11.0. The molecule has 86 valence electrons. The molecule has 0 saturated carbocycles. The van der Waals surface area contributed by atoms with Gasteiger partial charge < -0.3 is 4.52 Å². The SMILES string of the molecule is CC(C)c1noc(C(C)(C)C)c1C(C)C. The molecule has 0 N–H and O–H groups in total. The molecule has 2 nitrogen and oxygen atoms in total. The predicted molar refractivity (Wildman–Crippen MR) is 63.4 cm³/mol. The van der Waals surface area contributed by atoms with Gasteiger partial charge >= 0.3 is 0 Å². The molecule has 0 aromatic carbocycles. The molecule has 0 aliphatic rings. The first-order chi connectivity index (χ1) is 6.75. The first-order valence-electron chi connectivity index (χ1n) is 5.75. The highest BCUT2D eigenvalue weighted by molar-refractivity contribution is 5.32. The highest BCUT2D eigenvalue weighted by Crippen LogP contribution is 2.35. The van der Waals surface area contributed by atoms with E-state index < -0.39 is 0 Å². The van der Waals surface area contributed by atoms with E-state index in [0.29, 0.717) is 11.8 Å². The van der Waals surface area contributed by atoms with Crippen molar-refractivity contribution in [2.24, 2.45) is 0 Å². The molecule has 2 heteroatoms. The Morgan fingerprint density at radius 1 is 1.00 bits per heavy atom. The Hall–Kier alpha value is -0.790. The van der Waals surface area contributed by atoms with Gasteiger partial charge in [0.15, 0.2) is 0 Å². The molecule has 0 unspecified atom stereocenters. The monoisotopic (exact) mass is 209 g/mol. The van der Waals surface area contributed by atoms with Gasteiger partial charge in [-0.2, -0.15) is 0 Å². The summed E-state index contributed by atoms with van der Waals surface area (Å²) in [6, 6.07) is 0. The van der Waals surface area contributed by atoms with E-state index >= 15 is 0 Å². The molecule has 0 aliphatic carbocycles. The maximum Gasteiger partial charge on any atom is 0.145 e. The Balaban J connectivity index is 3.31. The number of aromatic nitrogens is 1. The Morgan fingerprint density at radius 3 is 1.87 bits per heavy atom. The molecule has 0 atom stereocenters. The fourth-order valence-corrected chi connectivity index (χ4v) is 1.82. The third kappa shape index (κ3) is 2.42. The predicted octanol–water partition coefficient (Wildman–Crippen LogP) is 4.22. The van der Waals surface area contributed by atoms with Crippen LogP contribution in [0.4, 0.5) is 0 Å². The molecule has 0 bridgehead atoms. The van der Waals surface area contributed by atoms with Crippen LogP contribution in [0.15, 0.2) is 4.52 Å². The van der Waals surface area contributed by atoms with Crippen LogP contribution in [-0.4, -0.2) is 5.16 Å². The zero-order valence-corrected chi connectivity index (χ0v) is 11.0. The maximum absolute atomic E-state index is 5.53. The van der Waals surface area contributed by atoms with Gasteiger partial charge in [-0.05, 0) is 11.8 Å². The molecule has 0 radical (unpaired) electrons. The van der Waals surface area contributed by atoms with Crippen LogP contribution in [0.2, 0.25) is 0 Å². The second-order valence-electron chi connectivity index (χ2n) is 5.87. The summed E-state index contributed by atoms with van der Waals surface area (Å²) in [6.07, 6.45) is 0. The number of nitrogens with zero attached hydrogens (tertiary/aromatic N) is 1. The van der Waals surface area contributed by atoms with Crippen LogP contribution < -0.4 is 0 Å². The van der Waals surface area contributed by atoms with E-state index in [-0.39, 0.29) is 5.41 Å². The standard InChI is InChI=1S/C13H23NO/c1-8(2)10-11(9(3)4)14-15-12(10)13(5,6)7/h8-9H,1-7H3. The van der Waals surface area contributed by atoms with Crippen LogP contribution in [0, 0.1) is 0 Å². The van der Waals surface area contributed by atoms with Gasteiger partial charge in [0.05, 0.1) is 5.69 Å². The molecule has 1 heterocycles. The number of rotatable bonds is 2. The van der Waals surface area contributed by atoms with Crippen molar-refractivity contribution in [1.82, 2.24) is 5.16 Å². The summed E-state index contributed by atoms with van der Waals surface area (Å²) in [7, 11) is 0. The highest BCUT2D eigenvalue weighted by atomic mass is 16.5. The van der Waals surface area contributed by atoms with E-state index in [4.69, 9.17) is 4.52 Å². The molecule has 0 fully saturated rings. The summed E-state index contributed by atoms with van der Waals surface area (Å²) < 4.78 is 5.53. The van der Waals surface area contributed by atoms with Crippen molar-refractivity contribution in [2.75, 3.05) is 0 Å². The first kappa shape index (κ1) is 12.3. The summed E-state index contributed by atoms with van der Waals surface area (Å²) in [6.45, 7) is 15.2. The quantitative estimate of drug-likeness (QED) is 0.729. The Bertz CT molecular complexity index is 329. The van der Waals surface area contributed by atoms with Crippen molar-refractivity contribution < 1.29 is 4.52 Å². The Kier molecular flexibility index (Phi) is 3.27. The molecular weight excluding hydrogens is 186 g/mol. The smallest absolute Gasteiger partial charge is 0.145 e. The van der Waals surface area contributed by atoms with Crippen LogP contribution in [0.1, 0.15) is 77.3 Å². The highest BCUT2D eigenvalue weighted by Gasteiger charge is 2.28. The topological polar surface area (TPSA) is 26.0 Å². The lowest BCUT2D eigenvalue weighted by atomic mass is 9.84. The van der Waals surface area contributed by atoms with E-state index in [9.17, 15) is 0 Å². The average Bonchev–Trinajstić information content (AvgIpc) is 2.45. The van der Waals surface area contributed by atoms with Crippen molar-refractivity contribution in [2.45, 2.75) is 65.7 Å². The molecule has 0 saturated heterocycles. The minimum absolute atomic E-state index is 0.0414. The minimum Gasteiger partial charge on any atom is -0.360 e. The third-order valence-electron chi connectivity index (χ3n) is 2.56. The number of hydrogen-bond acceptors (Lipinski definition) is 2. The summed E-state index contributed by atoms with van der Waals surface area (Å²) in [5.41, 5.74) is 2.46. The summed E-state index contributed by atoms with van der Waals surface area (Å²) in [5, 5.41) is 4.23. The lowest BCUT2D eigenvalue weighted by molar-refractivity contribution is 0.322. The van der Waals surface area contributed by atoms with Crippen LogP contribution in [0.25, 0.3) is 0 Å². The van der Waals surface area contributed by atoms with Crippen molar-refractivity contribution in [3.05, 3.63) is 17.0 Å². The molecule has 0 aliphatic heterocycles. The van der Waals surface area contributed by atoms with Crippen molar-refractivity contribution in [3.63, 3.8) is 0 Å². The molecule has 1 aromatic rings. The van der Waals surface area contributed by atoms with Gasteiger partial charge in [-0.1, -0.05) is 53.6 Å². The molecule has 1 rings (SSSR count). The van der Waals surface area contributed by atoms with E-state index in [2.05, 4.69) is 53.6 Å². The van der Waals surface area contributed by atoms with E-state index in [1.165, 1.54) is 5.56 Å². The van der Waals surface area contributed by atoms with E-state index in [1.54, 1.807) is 0 Å². The lowest BCUT2D eigenvalue weighted by Gasteiger charge is -2.18. The molecular formula is C13H23NO. The van der Waals surface area contributed by atoms with Gasteiger partial charge in [0.25, 0.3) is 0 Å². The van der Waals surface area contributed by atoms with Crippen LogP contribution >= 0.6 is 0 Å². The number of hydrogen-bond donors (Lipinski definition) is 0. The van der Waals surface area contributed by atoms with Crippen LogP contribution in [-0.2, 0) is 5.41 Å². The van der Waals surface area contributed by atoms with E-state index in [0.717, 1.165) is 11.5 Å². The average molecular weight is 209 g/mol. The van der Waals surface area contributed by atoms with Crippen molar-refractivity contribution >= 4 is 0 Å². The molecule has 0 amide bonds. The largest absolute Gasteiger partial charge is 0.360 e. The van der Waals surface area contributed by atoms with Crippen molar-refractivity contribution in [3.8, 4) is 0 Å². The van der Waals surface area contributed by atoms with Gasteiger partial charge in [-0.25, -0.2) is 0 Å². The first-order valence-corrected chi connectivity index (χ1v) is 5.75. The zero-order chi connectivity index (χ0) is 11.8. The summed E-state index contributed by atoms with van der Waals surface area (Å²) in [5.74, 6) is 1.95. The molecule has 1 aromatic heterocycles. The second kappa shape index (κ2) is 3.99. The van der Waals surface area contributed by atoms with E-state index in [1.807, 2.05) is 0 Å². The van der Waals surface area contributed by atoms with Crippen molar-refractivity contribution in [1.29, 1.82) is 0 Å². The minimum atomic E-state index is 0.0414. The van der Waals surface area contributed by atoms with Gasteiger partial charge in [0, 0.05) is 11.0 Å². The Morgan fingerprint density at radius 2 is 1.53 bits per heavy atom. The second-order valence-corrected chi connectivity index (χ2v) is 5.87. The van der Waals surface area contributed by atoms with Crippen LogP contribution in [0.3, 0.4) is 0 Å². The summed E-state index contributed by atoms with van der Waals surface area (Å²) in [4.78, 5) is 0. The van der Waals surface area contributed by atoms with Gasteiger partial charge in [0.2, 0.25) is 0 Å². The fraction of sp³-hybridized carbons (Fsp3) is 0.769. The van der Waals surface area contributed by atoms with Crippen LogP contribution in [0.5, 0.6) is 0 Å². The van der Waals surface area contributed by atoms with Gasteiger partial charge in [0.1, 0.15) is 5.76 Å². The maximum atomic E-state index is 5.53. The lowest BCUT2D eigenvalue weighted by Crippen LogP contribution is -2.13. The third-order valence-corrected chi connectivity index (χ3v) is 2.56. The fourth-order valence-electron chi connectivity index (χ4n) is 1.82. The van der Waals surface area contributed by atoms with Gasteiger partial charge in [-0.3, -0.25) is 0 Å². The normalized spacial score (nSPS) is 12.9. The Labute approximate surface area is 93.0 Å². The van der Waals surface area contributed by atoms with Gasteiger partial charge in [-0.15, -0.1) is 0 Å².